The summed E-state index contributed by atoms with van der Waals surface area (Å²) in [6.45, 7) is 10.9. The van der Waals surface area contributed by atoms with Crippen molar-refractivity contribution in [3.8, 4) is 0 Å². The molecule has 0 spiro atoms. The van der Waals surface area contributed by atoms with Gasteiger partial charge in [-0.2, -0.15) is 17.2 Å². The van der Waals surface area contributed by atoms with E-state index in [1.165, 1.54) is 12.8 Å². The van der Waals surface area contributed by atoms with Crippen LogP contribution < -0.4 is 5.32 Å². The largest absolute Gasteiger partial charge is 0.370 e. The summed E-state index contributed by atoms with van der Waals surface area (Å²) >= 11 is 0. The fourth-order valence-electron chi connectivity index (χ4n) is 1.88. The minimum atomic E-state index is -5.24. The first-order chi connectivity index (χ1) is 11.2. The Hall–Kier alpha value is -0.790. The van der Waals surface area contributed by atoms with E-state index in [0.717, 1.165) is 38.8 Å². The maximum Gasteiger partial charge on any atom is 0.370 e. The van der Waals surface area contributed by atoms with Crippen molar-refractivity contribution in [2.75, 3.05) is 13.1 Å². The molecule has 0 unspecified atom stereocenters. The molecule has 0 radical (unpaired) electrons. The summed E-state index contributed by atoms with van der Waals surface area (Å²) in [4.78, 5) is 0. The third kappa shape index (κ3) is 16.1. The topological polar surface area (TPSA) is 66.4 Å². The molecule has 0 aliphatic carbocycles. The van der Waals surface area contributed by atoms with E-state index in [4.69, 9.17) is 4.55 Å². The van der Waals surface area contributed by atoms with Gasteiger partial charge in [0.15, 0.2) is 0 Å². The van der Waals surface area contributed by atoms with Gasteiger partial charge in [-0.3, -0.25) is 4.55 Å². The Morgan fingerprint density at radius 2 is 1.38 bits per heavy atom. The van der Waals surface area contributed by atoms with E-state index >= 15 is 0 Å². The van der Waals surface area contributed by atoms with E-state index in [2.05, 4.69) is 25.4 Å². The second kappa shape index (κ2) is 15.7. The minimum absolute atomic E-state index is 0.126. The van der Waals surface area contributed by atoms with Gasteiger partial charge in [0.2, 0.25) is 0 Å². The van der Waals surface area contributed by atoms with Crippen LogP contribution in [0.3, 0.4) is 0 Å². The maximum atomic E-state index is 12.8. The molecule has 144 valence electrons. The molecule has 0 atom stereocenters. The first-order valence-corrected chi connectivity index (χ1v) is 9.94. The van der Waals surface area contributed by atoms with Crippen molar-refractivity contribution in [2.45, 2.75) is 70.0 Å². The molecule has 0 bridgehead atoms. The lowest BCUT2D eigenvalue weighted by Gasteiger charge is -2.12. The van der Waals surface area contributed by atoms with Crippen molar-refractivity contribution in [3.63, 3.8) is 0 Å². The van der Waals surface area contributed by atoms with E-state index < -0.39 is 21.8 Å². The molecule has 0 aromatic carbocycles. The molecule has 0 saturated heterocycles. The molecule has 0 aromatic heterocycles. The predicted octanol–water partition coefficient (Wildman–Crippen LogP) is 4.95. The molecule has 0 saturated carbocycles. The van der Waals surface area contributed by atoms with Gasteiger partial charge in [0.05, 0.1) is 0 Å². The smallest absolute Gasteiger partial charge is 0.310 e. The third-order valence-electron chi connectivity index (χ3n) is 3.28. The number of alkyl halides is 2. The van der Waals surface area contributed by atoms with Gasteiger partial charge >= 0.3 is 15.4 Å². The number of hydrogen-bond acceptors (Lipinski definition) is 3. The molecule has 0 fully saturated rings. The number of nitrogens with one attached hydrogen (secondary N) is 1. The summed E-state index contributed by atoms with van der Waals surface area (Å²) in [6, 6.07) is 0. The number of halogens is 2. The van der Waals surface area contributed by atoms with Crippen LogP contribution in [0.15, 0.2) is 25.3 Å². The highest BCUT2D eigenvalue weighted by atomic mass is 32.2. The Morgan fingerprint density at radius 3 is 1.75 bits per heavy atom. The van der Waals surface area contributed by atoms with Crippen molar-refractivity contribution >= 4 is 10.1 Å². The highest BCUT2D eigenvalue weighted by Gasteiger charge is 2.42. The highest BCUT2D eigenvalue weighted by Crippen LogP contribution is 2.27. The number of unbranched alkanes of at least 4 members (excludes halogenated alkanes) is 7. The van der Waals surface area contributed by atoms with Crippen LogP contribution in [0.5, 0.6) is 0 Å². The normalized spacial score (nSPS) is 11.5. The quantitative estimate of drug-likeness (QED) is 0.258. The van der Waals surface area contributed by atoms with Gasteiger partial charge in [-0.15, -0.1) is 13.2 Å². The van der Waals surface area contributed by atoms with Crippen LogP contribution in [0.25, 0.3) is 0 Å². The Bertz CT molecular complexity index is 404. The maximum absolute atomic E-state index is 12.8. The molecule has 0 rings (SSSR count). The first-order valence-electron chi connectivity index (χ1n) is 8.50. The monoisotopic (exact) mass is 369 g/mol. The highest BCUT2D eigenvalue weighted by molar-refractivity contribution is 7.86. The zero-order chi connectivity index (χ0) is 18.9. The molecule has 0 aromatic rings. The summed E-state index contributed by atoms with van der Waals surface area (Å²) in [5.41, 5.74) is 0. The lowest BCUT2D eigenvalue weighted by atomic mass is 10.1. The molecule has 4 nitrogen and oxygen atoms in total. The average molecular weight is 370 g/mol. The van der Waals surface area contributed by atoms with Crippen molar-refractivity contribution < 1.29 is 21.8 Å². The fraction of sp³-hybridized carbons (Fsp3) is 0.765. The Labute approximate surface area is 146 Å². The first kappa shape index (κ1) is 25.5. The van der Waals surface area contributed by atoms with Gasteiger partial charge < -0.3 is 5.32 Å². The minimum Gasteiger partial charge on any atom is -0.310 e. The molecule has 7 heteroatoms. The standard InChI is InChI=1S/C11H22F2O3S.C6H11N/c1-2-3-4-5-6-7-8-9-10-11(12,13)17(14,15)16;1-3-5-7-6-4-2/h2-10H2,1H3,(H,14,15,16);3-4,7H,1-2,5-6H2. The summed E-state index contributed by atoms with van der Waals surface area (Å²) in [6.07, 6.45) is 10.0. The number of hydrogen-bond donors (Lipinski definition) is 2. The van der Waals surface area contributed by atoms with Gasteiger partial charge in [-0.25, -0.2) is 0 Å². The molecule has 0 aliphatic rings. The summed E-state index contributed by atoms with van der Waals surface area (Å²) < 4.78 is 54.4. The van der Waals surface area contributed by atoms with Crippen molar-refractivity contribution in [3.05, 3.63) is 25.3 Å². The van der Waals surface area contributed by atoms with E-state index in [1.807, 2.05) is 12.2 Å². The molecular formula is C17H33F2NO3S. The van der Waals surface area contributed by atoms with Crippen molar-refractivity contribution in [1.82, 2.24) is 5.32 Å². The van der Waals surface area contributed by atoms with Crippen LogP contribution in [-0.2, 0) is 10.1 Å². The van der Waals surface area contributed by atoms with E-state index in [0.29, 0.717) is 6.42 Å². The molecular weight excluding hydrogens is 336 g/mol. The second-order valence-corrected chi connectivity index (χ2v) is 7.12. The van der Waals surface area contributed by atoms with E-state index in [1.54, 1.807) is 0 Å². The summed E-state index contributed by atoms with van der Waals surface area (Å²) in [5.74, 6) is 0. The van der Waals surface area contributed by atoms with Gasteiger partial charge in [0.25, 0.3) is 0 Å². The van der Waals surface area contributed by atoms with Crippen LogP contribution in [0.4, 0.5) is 8.78 Å². The average Bonchev–Trinajstić information content (AvgIpc) is 2.50. The fourth-order valence-corrected chi connectivity index (χ4v) is 2.28. The van der Waals surface area contributed by atoms with Crippen LogP contribution in [0.1, 0.15) is 64.7 Å². The van der Waals surface area contributed by atoms with Crippen LogP contribution in [0, 0.1) is 0 Å². The molecule has 24 heavy (non-hydrogen) atoms. The van der Waals surface area contributed by atoms with Crippen molar-refractivity contribution in [1.29, 1.82) is 0 Å². The molecule has 0 aliphatic heterocycles. The summed E-state index contributed by atoms with van der Waals surface area (Å²) in [7, 11) is -5.24. The van der Waals surface area contributed by atoms with Crippen molar-refractivity contribution in [2.24, 2.45) is 0 Å². The molecule has 2 N–H and O–H groups in total. The van der Waals surface area contributed by atoms with Crippen LogP contribution >= 0.6 is 0 Å². The second-order valence-electron chi connectivity index (χ2n) is 5.57. The predicted molar refractivity (Wildman–Crippen MR) is 97.0 cm³/mol. The SMILES string of the molecule is C=CCNCC=C.CCCCCCCCCCC(F)(F)S(=O)(=O)O. The van der Waals surface area contributed by atoms with Gasteiger partial charge in [0.1, 0.15) is 0 Å². The lowest BCUT2D eigenvalue weighted by Crippen LogP contribution is -2.27. The Kier molecular flexibility index (Phi) is 16.7. The zero-order valence-corrected chi connectivity index (χ0v) is 15.6. The zero-order valence-electron chi connectivity index (χ0n) is 14.8. The van der Waals surface area contributed by atoms with Gasteiger partial charge in [-0.05, 0) is 6.42 Å². The number of rotatable bonds is 14. The summed E-state index contributed by atoms with van der Waals surface area (Å²) in [5, 5.41) is -0.942. The van der Waals surface area contributed by atoms with Gasteiger partial charge in [0, 0.05) is 19.5 Å². The van der Waals surface area contributed by atoms with Crippen LogP contribution in [0.2, 0.25) is 0 Å². The lowest BCUT2D eigenvalue weighted by molar-refractivity contribution is 0.0683. The van der Waals surface area contributed by atoms with E-state index in [-0.39, 0.29) is 6.42 Å². The Balaban J connectivity index is 0. The molecule has 0 heterocycles. The molecule has 0 amide bonds. The van der Waals surface area contributed by atoms with E-state index in [9.17, 15) is 17.2 Å². The third-order valence-corrected chi connectivity index (χ3v) is 4.24. The van der Waals surface area contributed by atoms with Crippen LogP contribution in [-0.4, -0.2) is 31.3 Å². The Morgan fingerprint density at radius 1 is 0.958 bits per heavy atom. The van der Waals surface area contributed by atoms with Gasteiger partial charge in [-0.1, -0.05) is 64.0 Å².